The van der Waals surface area contributed by atoms with Gasteiger partial charge in [-0.1, -0.05) is 0 Å². The topological polar surface area (TPSA) is 9.23 Å². The monoisotopic (exact) mass is 82.0 g/mol. The van der Waals surface area contributed by atoms with Gasteiger partial charge in [-0.05, 0) is 12.8 Å². The first kappa shape index (κ1) is 4.13. The Morgan fingerprint density at radius 1 is 1.50 bits per heavy atom. The van der Waals surface area contributed by atoms with E-state index in [1.165, 1.54) is 0 Å². The van der Waals surface area contributed by atoms with Gasteiger partial charge in [-0.3, -0.25) is 0 Å². The van der Waals surface area contributed by atoms with Crippen molar-refractivity contribution in [2.45, 2.75) is 12.8 Å². The van der Waals surface area contributed by atoms with Gasteiger partial charge < -0.3 is 4.74 Å². The van der Waals surface area contributed by atoms with Crippen LogP contribution in [0.4, 0.5) is 0 Å². The van der Waals surface area contributed by atoms with Crippen molar-refractivity contribution in [3.8, 4) is 0 Å². The van der Waals surface area contributed by atoms with Crippen molar-refractivity contribution >= 4 is 0 Å². The van der Waals surface area contributed by atoms with Crippen LogP contribution in [0.5, 0.6) is 0 Å². The molecule has 1 nitrogen and oxygen atoms in total. The number of ether oxygens (including phenoxy) is 1. The summed E-state index contributed by atoms with van der Waals surface area (Å²) in [7, 11) is 0. The van der Waals surface area contributed by atoms with Crippen molar-refractivity contribution in [3.05, 3.63) is 13.0 Å². The number of rotatable bonds is 0. The van der Waals surface area contributed by atoms with Crippen LogP contribution < -0.4 is 0 Å². The molecule has 0 atom stereocenters. The van der Waals surface area contributed by atoms with Gasteiger partial charge in [0.05, 0.1) is 0 Å². The highest BCUT2D eigenvalue weighted by Gasteiger charge is 1.97. The number of hydrogen-bond acceptors (Lipinski definition) is 1. The number of hydrogen-bond donors (Lipinski definition) is 0. The highest BCUT2D eigenvalue weighted by Crippen LogP contribution is 2.04. The van der Waals surface area contributed by atoms with Crippen LogP contribution in [-0.2, 0) is 4.74 Å². The second-order valence-electron chi connectivity index (χ2n) is 1.23. The Morgan fingerprint density at radius 2 is 2.50 bits per heavy atom. The second-order valence-corrected chi connectivity index (χ2v) is 1.23. The highest BCUT2D eigenvalue weighted by molar-refractivity contribution is 4.77. The van der Waals surface area contributed by atoms with Crippen molar-refractivity contribution in [2.75, 3.05) is 6.61 Å². The van der Waals surface area contributed by atoms with Gasteiger partial charge in [0.25, 0.3) is 0 Å². The summed E-state index contributed by atoms with van der Waals surface area (Å²) in [4.78, 5) is 0. The average Bonchev–Trinajstić information content (AvgIpc) is 1.72. The third-order valence-electron chi connectivity index (χ3n) is 0.693. The van der Waals surface area contributed by atoms with Crippen molar-refractivity contribution < 1.29 is 4.74 Å². The summed E-state index contributed by atoms with van der Waals surface area (Å²) in [6.07, 6.45) is 4.93. The van der Waals surface area contributed by atoms with E-state index >= 15 is 0 Å². The van der Waals surface area contributed by atoms with Crippen LogP contribution in [0.25, 0.3) is 0 Å². The van der Waals surface area contributed by atoms with Crippen molar-refractivity contribution in [1.29, 1.82) is 0 Å². The molecule has 0 aromatic heterocycles. The summed E-state index contributed by atoms with van der Waals surface area (Å²) in [5.41, 5.74) is 0. The molecule has 32 valence electrons. The van der Waals surface area contributed by atoms with Gasteiger partial charge in [-0.2, -0.15) is 0 Å². The molecule has 4 radical (unpaired) electrons. The van der Waals surface area contributed by atoms with Crippen LogP contribution in [0.15, 0.2) is 0 Å². The van der Waals surface area contributed by atoms with Gasteiger partial charge in [-0.25, -0.2) is 0 Å². The smallest absolute Gasteiger partial charge is 0.140 e. The summed E-state index contributed by atoms with van der Waals surface area (Å²) in [6.45, 7) is 3.36. The predicted molar refractivity (Wildman–Crippen MR) is 21.7 cm³/mol. The van der Waals surface area contributed by atoms with Crippen LogP contribution in [0.1, 0.15) is 12.8 Å². The Hall–Kier alpha value is -0.0400. The lowest BCUT2D eigenvalue weighted by molar-refractivity contribution is 0.182. The summed E-state index contributed by atoms with van der Waals surface area (Å²) < 4.78 is 4.71. The van der Waals surface area contributed by atoms with E-state index in [4.69, 9.17) is 4.74 Å². The molecule has 0 aromatic carbocycles. The molecule has 0 amide bonds. The zero-order chi connectivity index (χ0) is 4.24. The van der Waals surface area contributed by atoms with E-state index in [-0.39, 0.29) is 0 Å². The Kier molecular flexibility index (Phi) is 1.51. The molecular formula is C5H6O. The minimum absolute atomic E-state index is 0.826. The minimum Gasteiger partial charge on any atom is -0.368 e. The van der Waals surface area contributed by atoms with Gasteiger partial charge >= 0.3 is 0 Å². The summed E-state index contributed by atoms with van der Waals surface area (Å²) in [5, 5.41) is 0. The van der Waals surface area contributed by atoms with E-state index in [1.807, 2.05) is 0 Å². The molecule has 0 N–H and O–H groups in total. The summed E-state index contributed by atoms with van der Waals surface area (Å²) in [6, 6.07) is 0. The molecule has 1 aliphatic rings. The molecule has 0 saturated carbocycles. The molecule has 0 bridgehead atoms. The lowest BCUT2D eigenvalue weighted by atomic mass is 10.2. The van der Waals surface area contributed by atoms with Crippen LogP contribution in [0.2, 0.25) is 0 Å². The second kappa shape index (κ2) is 2.19. The van der Waals surface area contributed by atoms with E-state index in [0.29, 0.717) is 0 Å². The molecule has 1 aliphatic heterocycles. The van der Waals surface area contributed by atoms with E-state index < -0.39 is 0 Å². The van der Waals surface area contributed by atoms with Gasteiger partial charge in [0.1, 0.15) is 6.61 Å². The predicted octanol–water partition coefficient (Wildman–Crippen LogP) is 0.917. The fraction of sp³-hybridized carbons (Fsp3) is 0.600. The third kappa shape index (κ3) is 0.977. The zero-order valence-corrected chi connectivity index (χ0v) is 3.53. The van der Waals surface area contributed by atoms with Crippen molar-refractivity contribution in [3.63, 3.8) is 0 Å². The largest absolute Gasteiger partial charge is 0.368 e. The molecule has 1 saturated heterocycles. The first-order valence-corrected chi connectivity index (χ1v) is 2.10. The van der Waals surface area contributed by atoms with E-state index in [9.17, 15) is 0 Å². The van der Waals surface area contributed by atoms with Crippen LogP contribution in [0, 0.1) is 13.0 Å². The Bertz CT molecular complexity index is 19.4. The van der Waals surface area contributed by atoms with Gasteiger partial charge in [-0.15, -0.1) is 0 Å². The lowest BCUT2D eigenvalue weighted by Gasteiger charge is -2.05. The molecule has 0 spiro atoms. The fourth-order valence-electron chi connectivity index (χ4n) is 0.386. The average molecular weight is 82.1 g/mol. The standard InChI is InChI=1S/C5H6O/c1-2-4-6-5-3-1/h1-2,4H2. The van der Waals surface area contributed by atoms with E-state index in [0.717, 1.165) is 19.4 Å². The first-order chi connectivity index (χ1) is 3.00. The first-order valence-electron chi connectivity index (χ1n) is 2.10. The summed E-state index contributed by atoms with van der Waals surface area (Å²) >= 11 is 0. The van der Waals surface area contributed by atoms with Crippen molar-refractivity contribution in [2.24, 2.45) is 0 Å². The molecule has 1 rings (SSSR count). The zero-order valence-electron chi connectivity index (χ0n) is 3.53. The van der Waals surface area contributed by atoms with Gasteiger partial charge in [0, 0.05) is 13.0 Å². The van der Waals surface area contributed by atoms with Crippen LogP contribution in [-0.4, -0.2) is 6.61 Å². The normalized spacial score (nSPS) is 24.0. The van der Waals surface area contributed by atoms with Crippen LogP contribution >= 0.6 is 0 Å². The highest BCUT2D eigenvalue weighted by atomic mass is 16.5. The minimum atomic E-state index is 0.826. The van der Waals surface area contributed by atoms with Gasteiger partial charge in [0.15, 0.2) is 0 Å². The molecular weight excluding hydrogens is 76.1 g/mol. The fourth-order valence-corrected chi connectivity index (χ4v) is 0.386. The summed E-state index contributed by atoms with van der Waals surface area (Å²) in [5.74, 6) is 0. The molecule has 6 heavy (non-hydrogen) atoms. The maximum atomic E-state index is 4.71. The van der Waals surface area contributed by atoms with Crippen LogP contribution in [0.3, 0.4) is 0 Å². The Labute approximate surface area is 38.3 Å². The molecule has 1 heteroatoms. The SMILES string of the molecule is [C]1[C]OCCC1. The lowest BCUT2D eigenvalue weighted by Crippen LogP contribution is -1.98. The Morgan fingerprint density at radius 3 is 2.67 bits per heavy atom. The van der Waals surface area contributed by atoms with Crippen molar-refractivity contribution in [1.82, 2.24) is 0 Å². The van der Waals surface area contributed by atoms with E-state index in [1.54, 1.807) is 0 Å². The Balaban J connectivity index is 2.00. The maximum Gasteiger partial charge on any atom is 0.140 e. The molecule has 1 heterocycles. The molecule has 0 aromatic rings. The molecule has 1 fully saturated rings. The third-order valence-corrected chi connectivity index (χ3v) is 0.693. The molecule has 0 aliphatic carbocycles. The van der Waals surface area contributed by atoms with E-state index in [2.05, 4.69) is 13.0 Å². The quantitative estimate of drug-likeness (QED) is 0.422. The maximum absolute atomic E-state index is 4.71. The van der Waals surface area contributed by atoms with Gasteiger partial charge in [0.2, 0.25) is 0 Å². The molecule has 0 unspecified atom stereocenters.